The van der Waals surface area contributed by atoms with Crippen molar-refractivity contribution in [2.45, 2.75) is 6.43 Å². The first kappa shape index (κ1) is 17.9. The van der Waals surface area contributed by atoms with Gasteiger partial charge in [-0.15, -0.1) is 0 Å². The third-order valence-electron chi connectivity index (χ3n) is 4.19. The van der Waals surface area contributed by atoms with E-state index in [4.69, 9.17) is 4.74 Å². The molecule has 1 saturated heterocycles. The van der Waals surface area contributed by atoms with Gasteiger partial charge in [0.2, 0.25) is 5.91 Å². The molecule has 1 aliphatic heterocycles. The maximum Gasteiger partial charge on any atom is 0.280 e. The van der Waals surface area contributed by atoms with E-state index < -0.39 is 12.1 Å². The minimum absolute atomic E-state index is 0.101. The molecule has 6 nitrogen and oxygen atoms in total. The maximum absolute atomic E-state index is 13.1. The Kier molecular flexibility index (Phi) is 5.22. The molecule has 0 atom stereocenters. The van der Waals surface area contributed by atoms with Gasteiger partial charge >= 0.3 is 0 Å². The first-order chi connectivity index (χ1) is 12.5. The number of halogens is 2. The summed E-state index contributed by atoms with van der Waals surface area (Å²) in [6.45, 7) is 1.35. The van der Waals surface area contributed by atoms with Crippen molar-refractivity contribution in [1.29, 1.82) is 0 Å². The standard InChI is InChI=1S/C18H17F2N3O3/c1-26-16-8-22-15(18(19)20)7-14(16)13-6-12(3-2-11(13)10-24)23-5-4-21-9-17(23)25/h2-3,6-8,10,18,21H,4-5,9H2,1H3. The van der Waals surface area contributed by atoms with Gasteiger partial charge in [-0.3, -0.25) is 14.6 Å². The molecule has 8 heteroatoms. The minimum atomic E-state index is -2.75. The van der Waals surface area contributed by atoms with Gasteiger partial charge in [0.15, 0.2) is 6.29 Å². The number of carbonyl (C=O) groups is 2. The molecule has 1 aromatic heterocycles. The number of aromatic nitrogens is 1. The Morgan fingerprint density at radius 1 is 1.31 bits per heavy atom. The minimum Gasteiger partial charge on any atom is -0.494 e. The van der Waals surface area contributed by atoms with E-state index in [0.717, 1.165) is 0 Å². The molecule has 0 bridgehead atoms. The van der Waals surface area contributed by atoms with Crippen LogP contribution in [0.3, 0.4) is 0 Å². The number of rotatable bonds is 5. The van der Waals surface area contributed by atoms with E-state index >= 15 is 0 Å². The van der Waals surface area contributed by atoms with E-state index in [-0.39, 0.29) is 18.2 Å². The maximum atomic E-state index is 13.1. The van der Waals surface area contributed by atoms with E-state index in [1.165, 1.54) is 19.4 Å². The number of pyridine rings is 1. The quantitative estimate of drug-likeness (QED) is 0.829. The number of ether oxygens (including phenoxy) is 1. The lowest BCUT2D eigenvalue weighted by Crippen LogP contribution is -2.48. The van der Waals surface area contributed by atoms with Crippen molar-refractivity contribution in [2.75, 3.05) is 31.6 Å². The Labute approximate surface area is 148 Å². The monoisotopic (exact) mass is 361 g/mol. The number of aldehydes is 1. The third kappa shape index (κ3) is 3.41. The van der Waals surface area contributed by atoms with Gasteiger partial charge in [0.05, 0.1) is 19.9 Å². The molecule has 1 N–H and O–H groups in total. The van der Waals surface area contributed by atoms with Crippen LogP contribution in [-0.4, -0.2) is 43.9 Å². The van der Waals surface area contributed by atoms with Crippen molar-refractivity contribution >= 4 is 17.9 Å². The smallest absolute Gasteiger partial charge is 0.280 e. The zero-order valence-corrected chi connectivity index (χ0v) is 14.0. The van der Waals surface area contributed by atoms with E-state index in [1.807, 2.05) is 0 Å². The van der Waals surface area contributed by atoms with Crippen molar-refractivity contribution in [3.63, 3.8) is 0 Å². The first-order valence-corrected chi connectivity index (χ1v) is 7.98. The van der Waals surface area contributed by atoms with Gasteiger partial charge in [0.25, 0.3) is 6.43 Å². The van der Waals surface area contributed by atoms with Crippen molar-refractivity contribution in [3.05, 3.63) is 41.7 Å². The normalized spacial score (nSPS) is 14.6. The summed E-state index contributed by atoms with van der Waals surface area (Å²) >= 11 is 0. The van der Waals surface area contributed by atoms with Crippen LogP contribution >= 0.6 is 0 Å². The van der Waals surface area contributed by atoms with Crippen molar-refractivity contribution in [2.24, 2.45) is 0 Å². The summed E-state index contributed by atoms with van der Waals surface area (Å²) in [5, 5.41) is 2.98. The number of nitrogens with one attached hydrogen (secondary N) is 1. The summed E-state index contributed by atoms with van der Waals surface area (Å²) < 4.78 is 31.4. The molecule has 0 spiro atoms. The molecule has 1 amide bonds. The van der Waals surface area contributed by atoms with Crippen LogP contribution in [0, 0.1) is 0 Å². The van der Waals surface area contributed by atoms with E-state index in [2.05, 4.69) is 10.3 Å². The number of benzene rings is 1. The Bertz CT molecular complexity index is 842. The SMILES string of the molecule is COc1cnc(C(F)F)cc1-c1cc(N2CCNCC2=O)ccc1C=O. The van der Waals surface area contributed by atoms with E-state index in [0.29, 0.717) is 41.8 Å². The van der Waals surface area contributed by atoms with Crippen LogP contribution in [0.4, 0.5) is 14.5 Å². The summed E-state index contributed by atoms with van der Waals surface area (Å²) in [5.74, 6) is 0.164. The lowest BCUT2D eigenvalue weighted by atomic mass is 9.98. The zero-order valence-electron chi connectivity index (χ0n) is 14.0. The van der Waals surface area contributed by atoms with Crippen LogP contribution in [0.15, 0.2) is 30.5 Å². The predicted molar refractivity (Wildman–Crippen MR) is 91.8 cm³/mol. The average molecular weight is 361 g/mol. The topological polar surface area (TPSA) is 71.5 Å². The Morgan fingerprint density at radius 3 is 2.77 bits per heavy atom. The molecule has 1 fully saturated rings. The Hall–Kier alpha value is -2.87. The second-order valence-electron chi connectivity index (χ2n) is 5.72. The molecule has 3 rings (SSSR count). The fraction of sp³-hybridized carbons (Fsp3) is 0.278. The summed E-state index contributed by atoms with van der Waals surface area (Å²) in [7, 11) is 1.40. The summed E-state index contributed by atoms with van der Waals surface area (Å²) in [6.07, 6.45) is -0.911. The lowest BCUT2D eigenvalue weighted by molar-refractivity contribution is -0.118. The number of nitrogens with zero attached hydrogens (tertiary/aromatic N) is 2. The molecule has 1 aromatic carbocycles. The Morgan fingerprint density at radius 2 is 2.12 bits per heavy atom. The van der Waals surface area contributed by atoms with Crippen LogP contribution in [0.25, 0.3) is 11.1 Å². The van der Waals surface area contributed by atoms with Crippen LogP contribution in [-0.2, 0) is 4.79 Å². The van der Waals surface area contributed by atoms with Crippen molar-refractivity contribution in [1.82, 2.24) is 10.3 Å². The summed E-state index contributed by atoms with van der Waals surface area (Å²) in [4.78, 5) is 28.9. The van der Waals surface area contributed by atoms with Gasteiger partial charge in [-0.1, -0.05) is 0 Å². The van der Waals surface area contributed by atoms with Gasteiger partial charge in [-0.2, -0.15) is 0 Å². The fourth-order valence-corrected chi connectivity index (χ4v) is 2.88. The van der Waals surface area contributed by atoms with E-state index in [1.54, 1.807) is 23.1 Å². The van der Waals surface area contributed by atoms with Gasteiger partial charge in [-0.05, 0) is 29.8 Å². The van der Waals surface area contributed by atoms with E-state index in [9.17, 15) is 18.4 Å². The first-order valence-electron chi connectivity index (χ1n) is 7.98. The van der Waals surface area contributed by atoms with Crippen LogP contribution in [0.1, 0.15) is 22.5 Å². The number of amides is 1. The number of methoxy groups -OCH3 is 1. The fourth-order valence-electron chi connectivity index (χ4n) is 2.88. The van der Waals surface area contributed by atoms with Gasteiger partial charge in [0.1, 0.15) is 11.4 Å². The molecule has 2 heterocycles. The molecule has 0 saturated carbocycles. The van der Waals surface area contributed by atoms with Gasteiger partial charge < -0.3 is 15.0 Å². The predicted octanol–water partition coefficient (Wildman–Crippen LogP) is 2.44. The van der Waals surface area contributed by atoms with Crippen LogP contribution in [0.2, 0.25) is 0 Å². The molecule has 0 unspecified atom stereocenters. The van der Waals surface area contributed by atoms with Crippen LogP contribution < -0.4 is 15.0 Å². The highest BCUT2D eigenvalue weighted by molar-refractivity contribution is 5.98. The van der Waals surface area contributed by atoms with Gasteiger partial charge in [0, 0.05) is 29.9 Å². The molecule has 0 aliphatic carbocycles. The second-order valence-corrected chi connectivity index (χ2v) is 5.72. The summed E-state index contributed by atoms with van der Waals surface area (Å²) in [5.41, 5.74) is 1.21. The molecule has 1 aliphatic rings. The molecule has 0 radical (unpaired) electrons. The largest absolute Gasteiger partial charge is 0.494 e. The van der Waals surface area contributed by atoms with Crippen molar-refractivity contribution < 1.29 is 23.1 Å². The number of hydrogen-bond donors (Lipinski definition) is 1. The number of anilines is 1. The number of hydrogen-bond acceptors (Lipinski definition) is 5. The highest BCUT2D eigenvalue weighted by Gasteiger charge is 2.22. The Balaban J connectivity index is 2.14. The van der Waals surface area contributed by atoms with Crippen molar-refractivity contribution in [3.8, 4) is 16.9 Å². The molecular weight excluding hydrogens is 344 g/mol. The second kappa shape index (κ2) is 7.57. The lowest BCUT2D eigenvalue weighted by Gasteiger charge is -2.28. The van der Waals surface area contributed by atoms with Gasteiger partial charge in [-0.25, -0.2) is 8.78 Å². The number of piperazine rings is 1. The molecular formula is C18H17F2N3O3. The highest BCUT2D eigenvalue weighted by Crippen LogP contribution is 2.36. The third-order valence-corrected chi connectivity index (χ3v) is 4.19. The molecule has 2 aromatic rings. The number of alkyl halides is 2. The number of carbonyl (C=O) groups excluding carboxylic acids is 2. The molecule has 136 valence electrons. The highest BCUT2D eigenvalue weighted by atomic mass is 19.3. The zero-order chi connectivity index (χ0) is 18.7. The van der Waals surface area contributed by atoms with Crippen LogP contribution in [0.5, 0.6) is 5.75 Å². The molecule has 26 heavy (non-hydrogen) atoms. The summed E-state index contributed by atoms with van der Waals surface area (Å²) in [6, 6.07) is 6.07. The average Bonchev–Trinajstić information content (AvgIpc) is 2.67.